The highest BCUT2D eigenvalue weighted by Crippen LogP contribution is 2.28. The van der Waals surface area contributed by atoms with Gasteiger partial charge < -0.3 is 20.1 Å². The lowest BCUT2D eigenvalue weighted by atomic mass is 10.0. The van der Waals surface area contributed by atoms with Crippen molar-refractivity contribution < 1.29 is 9.47 Å². The predicted octanol–water partition coefficient (Wildman–Crippen LogP) is 2.94. The fourth-order valence-electron chi connectivity index (χ4n) is 2.36. The SMILES string of the molecule is COc1ccc(OC)c(Cc2ccc(N(C)C)c(N)c2)c1. The molecule has 0 unspecified atom stereocenters. The van der Waals surface area contributed by atoms with E-state index in [9.17, 15) is 0 Å². The first-order chi connectivity index (χ1) is 10.0. The van der Waals surface area contributed by atoms with E-state index in [-0.39, 0.29) is 0 Å². The van der Waals surface area contributed by atoms with Gasteiger partial charge in [-0.3, -0.25) is 0 Å². The molecule has 0 aliphatic heterocycles. The van der Waals surface area contributed by atoms with Gasteiger partial charge in [0.05, 0.1) is 25.6 Å². The first kappa shape index (κ1) is 15.0. The van der Waals surface area contributed by atoms with E-state index >= 15 is 0 Å². The van der Waals surface area contributed by atoms with Crippen molar-refractivity contribution in [2.75, 3.05) is 38.9 Å². The number of nitrogens with two attached hydrogens (primary N) is 1. The van der Waals surface area contributed by atoms with Crippen LogP contribution in [0.25, 0.3) is 0 Å². The van der Waals surface area contributed by atoms with Crippen molar-refractivity contribution >= 4 is 11.4 Å². The molecule has 21 heavy (non-hydrogen) atoms. The number of benzene rings is 2. The first-order valence-electron chi connectivity index (χ1n) is 6.81. The van der Waals surface area contributed by atoms with Crippen molar-refractivity contribution in [3.8, 4) is 11.5 Å². The zero-order valence-corrected chi connectivity index (χ0v) is 13.0. The molecule has 0 radical (unpaired) electrons. The Morgan fingerprint density at radius 3 is 2.33 bits per heavy atom. The van der Waals surface area contributed by atoms with E-state index in [2.05, 4.69) is 6.07 Å². The minimum atomic E-state index is 0.748. The van der Waals surface area contributed by atoms with Crippen LogP contribution in [0.4, 0.5) is 11.4 Å². The van der Waals surface area contributed by atoms with Crippen LogP contribution in [0, 0.1) is 0 Å². The van der Waals surface area contributed by atoms with Gasteiger partial charge in [0.25, 0.3) is 0 Å². The van der Waals surface area contributed by atoms with Crippen LogP contribution in [0.15, 0.2) is 36.4 Å². The number of rotatable bonds is 5. The fraction of sp³-hybridized carbons (Fsp3) is 0.294. The van der Waals surface area contributed by atoms with Gasteiger partial charge in [-0.25, -0.2) is 0 Å². The predicted molar refractivity (Wildman–Crippen MR) is 87.5 cm³/mol. The molecule has 2 aromatic rings. The van der Waals surface area contributed by atoms with Crippen LogP contribution in [0.5, 0.6) is 11.5 Å². The van der Waals surface area contributed by atoms with Crippen LogP contribution in [0.2, 0.25) is 0 Å². The smallest absolute Gasteiger partial charge is 0.122 e. The minimum absolute atomic E-state index is 0.748. The lowest BCUT2D eigenvalue weighted by Gasteiger charge is -2.16. The highest BCUT2D eigenvalue weighted by atomic mass is 16.5. The van der Waals surface area contributed by atoms with Crippen molar-refractivity contribution in [3.05, 3.63) is 47.5 Å². The van der Waals surface area contributed by atoms with Crippen molar-refractivity contribution in [3.63, 3.8) is 0 Å². The maximum Gasteiger partial charge on any atom is 0.122 e. The summed E-state index contributed by atoms with van der Waals surface area (Å²) < 4.78 is 10.7. The van der Waals surface area contributed by atoms with Crippen molar-refractivity contribution in [1.29, 1.82) is 0 Å². The standard InChI is InChI=1S/C17H22N2O2/c1-19(2)16-7-5-12(10-15(16)18)9-13-11-14(20-3)6-8-17(13)21-4/h5-8,10-11H,9,18H2,1-4H3. The van der Waals surface area contributed by atoms with Gasteiger partial charge in [0.2, 0.25) is 0 Å². The molecule has 0 heterocycles. The number of methoxy groups -OCH3 is 2. The second-order valence-corrected chi connectivity index (χ2v) is 5.14. The van der Waals surface area contributed by atoms with E-state index < -0.39 is 0 Å². The van der Waals surface area contributed by atoms with Gasteiger partial charge in [-0.1, -0.05) is 6.07 Å². The Hall–Kier alpha value is -2.36. The Morgan fingerprint density at radius 2 is 1.76 bits per heavy atom. The van der Waals surface area contributed by atoms with Crippen LogP contribution in [0.3, 0.4) is 0 Å². The quantitative estimate of drug-likeness (QED) is 0.859. The monoisotopic (exact) mass is 286 g/mol. The molecule has 0 bridgehead atoms. The summed E-state index contributed by atoms with van der Waals surface area (Å²) in [5.41, 5.74) is 10.1. The maximum absolute atomic E-state index is 6.10. The Bertz CT molecular complexity index is 624. The molecule has 0 aromatic heterocycles. The van der Waals surface area contributed by atoms with Gasteiger partial charge in [-0.2, -0.15) is 0 Å². The molecule has 0 spiro atoms. The highest BCUT2D eigenvalue weighted by Gasteiger charge is 2.08. The Morgan fingerprint density at radius 1 is 1.00 bits per heavy atom. The summed E-state index contributed by atoms with van der Waals surface area (Å²) in [5.74, 6) is 1.68. The molecule has 0 fully saturated rings. The third-order valence-corrected chi connectivity index (χ3v) is 3.46. The summed E-state index contributed by atoms with van der Waals surface area (Å²) in [6, 6.07) is 11.9. The van der Waals surface area contributed by atoms with Crippen LogP contribution >= 0.6 is 0 Å². The van der Waals surface area contributed by atoms with Gasteiger partial charge in [0.1, 0.15) is 11.5 Å². The van der Waals surface area contributed by atoms with Crippen molar-refractivity contribution in [2.24, 2.45) is 0 Å². The average molecular weight is 286 g/mol. The number of hydrogen-bond acceptors (Lipinski definition) is 4. The van der Waals surface area contributed by atoms with E-state index in [1.54, 1.807) is 14.2 Å². The largest absolute Gasteiger partial charge is 0.497 e. The summed E-state index contributed by atoms with van der Waals surface area (Å²) in [5, 5.41) is 0. The second-order valence-electron chi connectivity index (χ2n) is 5.14. The summed E-state index contributed by atoms with van der Waals surface area (Å²) >= 11 is 0. The van der Waals surface area contributed by atoms with Crippen LogP contribution in [-0.2, 0) is 6.42 Å². The summed E-state index contributed by atoms with van der Waals surface area (Å²) in [6.07, 6.45) is 0.748. The lowest BCUT2D eigenvalue weighted by Crippen LogP contribution is -2.11. The molecule has 112 valence electrons. The van der Waals surface area contributed by atoms with Crippen LogP contribution < -0.4 is 20.1 Å². The van der Waals surface area contributed by atoms with E-state index in [1.807, 2.05) is 49.3 Å². The van der Waals surface area contributed by atoms with E-state index in [4.69, 9.17) is 15.2 Å². The fourth-order valence-corrected chi connectivity index (χ4v) is 2.36. The second kappa shape index (κ2) is 6.39. The molecule has 2 rings (SSSR count). The van der Waals surface area contributed by atoms with Crippen molar-refractivity contribution in [1.82, 2.24) is 0 Å². The Labute approximate surface area is 126 Å². The summed E-state index contributed by atoms with van der Waals surface area (Å²) in [7, 11) is 7.30. The number of hydrogen-bond donors (Lipinski definition) is 1. The molecular formula is C17H22N2O2. The minimum Gasteiger partial charge on any atom is -0.497 e. The number of anilines is 2. The normalized spacial score (nSPS) is 10.3. The Kier molecular flexibility index (Phi) is 4.58. The lowest BCUT2D eigenvalue weighted by molar-refractivity contribution is 0.399. The average Bonchev–Trinajstić information content (AvgIpc) is 2.46. The molecule has 2 aromatic carbocycles. The van der Waals surface area contributed by atoms with E-state index in [1.165, 1.54) is 0 Å². The molecule has 0 aliphatic carbocycles. The number of ether oxygens (including phenoxy) is 2. The third-order valence-electron chi connectivity index (χ3n) is 3.46. The topological polar surface area (TPSA) is 47.7 Å². The summed E-state index contributed by atoms with van der Waals surface area (Å²) in [4.78, 5) is 2.01. The molecule has 2 N–H and O–H groups in total. The van der Waals surface area contributed by atoms with E-state index in [0.29, 0.717) is 0 Å². The molecule has 0 atom stereocenters. The number of nitrogen functional groups attached to an aromatic ring is 1. The molecule has 4 nitrogen and oxygen atoms in total. The van der Waals surface area contributed by atoms with E-state index in [0.717, 1.165) is 40.4 Å². The van der Waals surface area contributed by atoms with Crippen molar-refractivity contribution in [2.45, 2.75) is 6.42 Å². The van der Waals surface area contributed by atoms with Gasteiger partial charge in [-0.15, -0.1) is 0 Å². The number of nitrogens with zero attached hydrogens (tertiary/aromatic N) is 1. The van der Waals surface area contributed by atoms with Crippen LogP contribution in [0.1, 0.15) is 11.1 Å². The molecule has 4 heteroatoms. The molecular weight excluding hydrogens is 264 g/mol. The van der Waals surface area contributed by atoms with Gasteiger partial charge in [0.15, 0.2) is 0 Å². The van der Waals surface area contributed by atoms with Gasteiger partial charge in [-0.05, 0) is 35.9 Å². The molecule has 0 saturated carbocycles. The van der Waals surface area contributed by atoms with Gasteiger partial charge in [0, 0.05) is 26.1 Å². The molecule has 0 aliphatic rings. The maximum atomic E-state index is 6.10. The first-order valence-corrected chi connectivity index (χ1v) is 6.81. The zero-order chi connectivity index (χ0) is 15.4. The zero-order valence-electron chi connectivity index (χ0n) is 13.0. The summed E-state index contributed by atoms with van der Waals surface area (Å²) in [6.45, 7) is 0. The third kappa shape index (κ3) is 3.40. The van der Waals surface area contributed by atoms with Crippen LogP contribution in [-0.4, -0.2) is 28.3 Å². The molecule has 0 saturated heterocycles. The van der Waals surface area contributed by atoms with Gasteiger partial charge >= 0.3 is 0 Å². The molecule has 0 amide bonds. The Balaban J connectivity index is 2.31. The highest BCUT2D eigenvalue weighted by molar-refractivity contribution is 5.68.